The maximum atomic E-state index is 12.2. The molecule has 2 aromatic carbocycles. The molecule has 0 saturated carbocycles. The Labute approximate surface area is 162 Å². The van der Waals surface area contributed by atoms with Crippen LogP contribution in [0.3, 0.4) is 0 Å². The van der Waals surface area contributed by atoms with Gasteiger partial charge in [-0.1, -0.05) is 41.4 Å². The minimum Gasteiger partial charge on any atom is -0.451 e. The maximum Gasteiger partial charge on any atom is 0.329 e. The van der Waals surface area contributed by atoms with Crippen LogP contribution in [0.1, 0.15) is 29.8 Å². The summed E-state index contributed by atoms with van der Waals surface area (Å²) in [5, 5.41) is 5.53. The van der Waals surface area contributed by atoms with E-state index in [-0.39, 0.29) is 0 Å². The summed E-state index contributed by atoms with van der Waals surface area (Å²) in [6.45, 7) is 4.81. The van der Waals surface area contributed by atoms with Gasteiger partial charge in [0.1, 0.15) is 6.04 Å². The van der Waals surface area contributed by atoms with Gasteiger partial charge in [-0.05, 0) is 45.0 Å². The minimum atomic E-state index is -1.05. The molecule has 2 N–H and O–H groups in total. The van der Waals surface area contributed by atoms with E-state index in [0.717, 1.165) is 5.56 Å². The lowest BCUT2D eigenvalue weighted by Crippen LogP contribution is -2.42. The van der Waals surface area contributed by atoms with Crippen LogP contribution in [-0.4, -0.2) is 29.9 Å². The molecule has 7 heteroatoms. The number of halogens is 1. The predicted molar refractivity (Wildman–Crippen MR) is 104 cm³/mol. The number of hydrogen-bond donors (Lipinski definition) is 2. The van der Waals surface area contributed by atoms with E-state index in [0.29, 0.717) is 16.3 Å². The Hall–Kier alpha value is -2.86. The normalized spacial score (nSPS) is 12.6. The fraction of sp³-hybridized carbons (Fsp3) is 0.250. The third kappa shape index (κ3) is 5.82. The number of carbonyl (C=O) groups is 3. The molecule has 0 saturated heterocycles. The number of carbonyl (C=O) groups excluding carboxylic acids is 3. The van der Waals surface area contributed by atoms with Crippen molar-refractivity contribution in [1.82, 2.24) is 5.32 Å². The molecule has 2 aromatic rings. The highest BCUT2D eigenvalue weighted by atomic mass is 35.5. The van der Waals surface area contributed by atoms with Gasteiger partial charge in [0.05, 0.1) is 10.7 Å². The topological polar surface area (TPSA) is 84.5 Å². The average Bonchev–Trinajstić information content (AvgIpc) is 2.63. The summed E-state index contributed by atoms with van der Waals surface area (Å²) in [5.41, 5.74) is 1.80. The Morgan fingerprint density at radius 1 is 1.04 bits per heavy atom. The zero-order chi connectivity index (χ0) is 20.0. The standard InChI is InChI=1S/C20H21ClN2O4/c1-12-7-6-8-15(11-12)19(25)22-13(2)20(26)27-14(3)18(24)23-17-10-5-4-9-16(17)21/h4-11,13-14H,1-3H3,(H,22,25)(H,23,24)/t13-,14-/m0/s1. The van der Waals surface area contributed by atoms with E-state index < -0.39 is 29.9 Å². The maximum absolute atomic E-state index is 12.2. The summed E-state index contributed by atoms with van der Waals surface area (Å²) in [6.07, 6.45) is -1.05. The van der Waals surface area contributed by atoms with Crippen LogP contribution in [-0.2, 0) is 14.3 Å². The lowest BCUT2D eigenvalue weighted by molar-refractivity contribution is -0.154. The number of benzene rings is 2. The quantitative estimate of drug-likeness (QED) is 0.743. The van der Waals surface area contributed by atoms with E-state index in [1.54, 1.807) is 42.5 Å². The van der Waals surface area contributed by atoms with Crippen LogP contribution in [0.25, 0.3) is 0 Å². The number of esters is 1. The third-order valence-corrected chi connectivity index (χ3v) is 4.10. The lowest BCUT2D eigenvalue weighted by atomic mass is 10.1. The van der Waals surface area contributed by atoms with Gasteiger partial charge in [-0.15, -0.1) is 0 Å². The zero-order valence-corrected chi connectivity index (χ0v) is 16.0. The van der Waals surface area contributed by atoms with Crippen LogP contribution >= 0.6 is 11.6 Å². The number of rotatable bonds is 6. The fourth-order valence-corrected chi connectivity index (χ4v) is 2.43. The lowest BCUT2D eigenvalue weighted by Gasteiger charge is -2.18. The molecule has 0 aromatic heterocycles. The fourth-order valence-electron chi connectivity index (χ4n) is 2.25. The van der Waals surface area contributed by atoms with Gasteiger partial charge in [-0.25, -0.2) is 4.79 Å². The van der Waals surface area contributed by atoms with Crippen molar-refractivity contribution in [2.75, 3.05) is 5.32 Å². The van der Waals surface area contributed by atoms with Gasteiger partial charge < -0.3 is 15.4 Å². The number of ether oxygens (including phenoxy) is 1. The molecule has 6 nitrogen and oxygen atoms in total. The highest BCUT2D eigenvalue weighted by Gasteiger charge is 2.24. The summed E-state index contributed by atoms with van der Waals surface area (Å²) < 4.78 is 5.14. The molecule has 0 spiro atoms. The molecule has 0 fully saturated rings. The van der Waals surface area contributed by atoms with Gasteiger partial charge >= 0.3 is 5.97 Å². The number of hydrogen-bond acceptors (Lipinski definition) is 4. The van der Waals surface area contributed by atoms with Crippen LogP contribution in [0.5, 0.6) is 0 Å². The van der Waals surface area contributed by atoms with Crippen LogP contribution in [0, 0.1) is 6.92 Å². The van der Waals surface area contributed by atoms with Crippen LogP contribution in [0.2, 0.25) is 5.02 Å². The number of para-hydroxylation sites is 1. The first kappa shape index (κ1) is 20.5. The van der Waals surface area contributed by atoms with Crippen molar-refractivity contribution in [2.24, 2.45) is 0 Å². The van der Waals surface area contributed by atoms with Crippen LogP contribution in [0.15, 0.2) is 48.5 Å². The van der Waals surface area contributed by atoms with E-state index in [4.69, 9.17) is 16.3 Å². The van der Waals surface area contributed by atoms with Gasteiger partial charge in [-0.2, -0.15) is 0 Å². The summed E-state index contributed by atoms with van der Waals surface area (Å²) in [6, 6.07) is 12.8. The van der Waals surface area contributed by atoms with Crippen molar-refractivity contribution >= 4 is 35.1 Å². The second-order valence-electron chi connectivity index (χ2n) is 6.11. The second-order valence-corrected chi connectivity index (χ2v) is 6.52. The van der Waals surface area contributed by atoms with Gasteiger partial charge in [0, 0.05) is 5.56 Å². The third-order valence-electron chi connectivity index (χ3n) is 3.78. The molecule has 2 amide bonds. The zero-order valence-electron chi connectivity index (χ0n) is 15.3. The van der Waals surface area contributed by atoms with Gasteiger partial charge in [0.2, 0.25) is 0 Å². The average molecular weight is 389 g/mol. The van der Waals surface area contributed by atoms with E-state index in [1.807, 2.05) is 13.0 Å². The summed E-state index contributed by atoms with van der Waals surface area (Å²) in [4.78, 5) is 36.5. The highest BCUT2D eigenvalue weighted by molar-refractivity contribution is 6.33. The number of aryl methyl sites for hydroxylation is 1. The van der Waals surface area contributed by atoms with Crippen LogP contribution < -0.4 is 10.6 Å². The van der Waals surface area contributed by atoms with Crippen molar-refractivity contribution in [3.05, 3.63) is 64.7 Å². The van der Waals surface area contributed by atoms with E-state index in [1.165, 1.54) is 13.8 Å². The van der Waals surface area contributed by atoms with Gasteiger partial charge in [-0.3, -0.25) is 9.59 Å². The summed E-state index contributed by atoms with van der Waals surface area (Å²) >= 11 is 5.99. The van der Waals surface area contributed by atoms with Crippen molar-refractivity contribution in [3.8, 4) is 0 Å². The molecule has 0 unspecified atom stereocenters. The van der Waals surface area contributed by atoms with Gasteiger partial charge in [0.25, 0.3) is 11.8 Å². The molecule has 0 aliphatic heterocycles. The monoisotopic (exact) mass is 388 g/mol. The molecule has 27 heavy (non-hydrogen) atoms. The minimum absolute atomic E-state index is 0.378. The van der Waals surface area contributed by atoms with Crippen molar-refractivity contribution in [2.45, 2.75) is 32.9 Å². The first-order chi connectivity index (χ1) is 12.8. The molecule has 0 aliphatic rings. The molecule has 0 heterocycles. The second kappa shape index (κ2) is 9.19. The molecule has 2 atom stereocenters. The Morgan fingerprint density at radius 3 is 2.41 bits per heavy atom. The summed E-state index contributed by atoms with van der Waals surface area (Å²) in [7, 11) is 0. The van der Waals surface area contributed by atoms with Crippen molar-refractivity contribution < 1.29 is 19.1 Å². The molecular weight excluding hydrogens is 368 g/mol. The van der Waals surface area contributed by atoms with E-state index in [2.05, 4.69) is 10.6 Å². The van der Waals surface area contributed by atoms with E-state index in [9.17, 15) is 14.4 Å². The number of nitrogens with one attached hydrogen (secondary N) is 2. The molecule has 0 radical (unpaired) electrons. The number of anilines is 1. The van der Waals surface area contributed by atoms with Crippen LogP contribution in [0.4, 0.5) is 5.69 Å². The van der Waals surface area contributed by atoms with Gasteiger partial charge in [0.15, 0.2) is 6.10 Å². The first-order valence-corrected chi connectivity index (χ1v) is 8.79. The van der Waals surface area contributed by atoms with Crippen molar-refractivity contribution in [1.29, 1.82) is 0 Å². The molecule has 2 rings (SSSR count). The SMILES string of the molecule is Cc1cccc(C(=O)N[C@@H](C)C(=O)O[C@@H](C)C(=O)Nc2ccccc2Cl)c1. The largest absolute Gasteiger partial charge is 0.451 e. The first-order valence-electron chi connectivity index (χ1n) is 8.41. The van der Waals surface area contributed by atoms with Crippen molar-refractivity contribution in [3.63, 3.8) is 0 Å². The molecule has 0 aliphatic carbocycles. The smallest absolute Gasteiger partial charge is 0.329 e. The highest BCUT2D eigenvalue weighted by Crippen LogP contribution is 2.20. The summed E-state index contributed by atoms with van der Waals surface area (Å²) in [5.74, 6) is -1.62. The Bertz CT molecular complexity index is 853. The predicted octanol–water partition coefficient (Wildman–Crippen LogP) is 3.34. The Balaban J connectivity index is 1.90. The Morgan fingerprint density at radius 2 is 1.74 bits per heavy atom. The number of amides is 2. The molecule has 0 bridgehead atoms. The Kier molecular flexibility index (Phi) is 6.96. The molecular formula is C20H21ClN2O4. The van der Waals surface area contributed by atoms with E-state index >= 15 is 0 Å². The molecule has 142 valence electrons.